The van der Waals surface area contributed by atoms with E-state index < -0.39 is 6.10 Å². The molecule has 0 saturated heterocycles. The van der Waals surface area contributed by atoms with Gasteiger partial charge in [-0.25, -0.2) is 0 Å². The summed E-state index contributed by atoms with van der Waals surface area (Å²) in [6.45, 7) is 0.0913. The fourth-order valence-corrected chi connectivity index (χ4v) is 1.97. The number of ether oxygens (including phenoxy) is 1. The summed E-state index contributed by atoms with van der Waals surface area (Å²) in [6.07, 6.45) is -0.734. The third-order valence-electron chi connectivity index (χ3n) is 2.50. The quantitative estimate of drug-likeness (QED) is 0.911. The van der Waals surface area contributed by atoms with Gasteiger partial charge in [0.15, 0.2) is 11.5 Å². The van der Waals surface area contributed by atoms with Gasteiger partial charge in [0.2, 0.25) is 0 Å². The highest BCUT2D eigenvalue weighted by atomic mass is 79.9. The van der Waals surface area contributed by atoms with Crippen molar-refractivity contribution >= 4 is 15.9 Å². The second-order valence-corrected chi connectivity index (χ2v) is 4.77. The zero-order chi connectivity index (χ0) is 13.0. The predicted octanol–water partition coefficient (Wildman–Crippen LogP) is 3.27. The molecular weight excluding hydrogens is 296 g/mol. The highest BCUT2D eigenvalue weighted by Crippen LogP contribution is 2.26. The highest BCUT2D eigenvalue weighted by Gasteiger charge is 2.10. The minimum absolute atomic E-state index is 0.0685. The van der Waals surface area contributed by atoms with Crippen LogP contribution in [-0.4, -0.2) is 16.8 Å². The first kappa shape index (κ1) is 12.9. The summed E-state index contributed by atoms with van der Waals surface area (Å²) in [5, 5.41) is 19.5. The molecule has 0 spiro atoms. The van der Waals surface area contributed by atoms with Crippen LogP contribution in [0.1, 0.15) is 11.7 Å². The lowest BCUT2D eigenvalue weighted by Gasteiger charge is -2.13. The topological polar surface area (TPSA) is 49.7 Å². The van der Waals surface area contributed by atoms with E-state index in [1.165, 1.54) is 0 Å². The lowest BCUT2D eigenvalue weighted by molar-refractivity contribution is 0.106. The Morgan fingerprint density at radius 3 is 2.61 bits per heavy atom. The maximum atomic E-state index is 9.97. The van der Waals surface area contributed by atoms with Crippen molar-refractivity contribution in [3.63, 3.8) is 0 Å². The number of aromatic hydroxyl groups is 1. The molecule has 4 heteroatoms. The Bertz CT molecular complexity index is 528. The van der Waals surface area contributed by atoms with Gasteiger partial charge < -0.3 is 14.9 Å². The number of para-hydroxylation sites is 2. The Morgan fingerprint density at radius 2 is 1.89 bits per heavy atom. The Labute approximate surface area is 114 Å². The summed E-state index contributed by atoms with van der Waals surface area (Å²) in [6, 6.07) is 14.1. The number of phenolic OH excluding ortho intramolecular Hbond substituents is 1. The van der Waals surface area contributed by atoms with E-state index in [0.717, 1.165) is 10.0 Å². The van der Waals surface area contributed by atoms with Gasteiger partial charge in [0.1, 0.15) is 12.7 Å². The zero-order valence-corrected chi connectivity index (χ0v) is 11.2. The average Bonchev–Trinajstić information content (AvgIpc) is 2.37. The van der Waals surface area contributed by atoms with Gasteiger partial charge in [-0.1, -0.05) is 40.2 Å². The Morgan fingerprint density at radius 1 is 1.11 bits per heavy atom. The fraction of sp³-hybridized carbons (Fsp3) is 0.143. The average molecular weight is 309 g/mol. The minimum Gasteiger partial charge on any atom is -0.504 e. The second-order valence-electron chi connectivity index (χ2n) is 3.85. The molecule has 2 N–H and O–H groups in total. The molecule has 0 heterocycles. The van der Waals surface area contributed by atoms with E-state index in [2.05, 4.69) is 15.9 Å². The van der Waals surface area contributed by atoms with Gasteiger partial charge in [-0.15, -0.1) is 0 Å². The van der Waals surface area contributed by atoms with Gasteiger partial charge in [0.25, 0.3) is 0 Å². The van der Waals surface area contributed by atoms with Crippen LogP contribution in [0.2, 0.25) is 0 Å². The van der Waals surface area contributed by atoms with Crippen LogP contribution in [0.3, 0.4) is 0 Å². The van der Waals surface area contributed by atoms with Crippen molar-refractivity contribution in [1.29, 1.82) is 0 Å². The molecule has 0 aliphatic rings. The van der Waals surface area contributed by atoms with E-state index in [1.807, 2.05) is 24.3 Å². The van der Waals surface area contributed by atoms with Crippen molar-refractivity contribution in [2.75, 3.05) is 6.61 Å². The summed E-state index contributed by atoms with van der Waals surface area (Å²) in [7, 11) is 0. The molecule has 0 bridgehead atoms. The molecule has 1 unspecified atom stereocenters. The first-order valence-electron chi connectivity index (χ1n) is 5.51. The minimum atomic E-state index is -0.734. The second kappa shape index (κ2) is 5.89. The van der Waals surface area contributed by atoms with Crippen molar-refractivity contribution in [3.8, 4) is 11.5 Å². The summed E-state index contributed by atoms with van der Waals surface area (Å²) in [5.74, 6) is 0.436. The van der Waals surface area contributed by atoms with Gasteiger partial charge in [-0.3, -0.25) is 0 Å². The normalized spacial score (nSPS) is 12.1. The van der Waals surface area contributed by atoms with Crippen molar-refractivity contribution in [2.45, 2.75) is 6.10 Å². The number of benzene rings is 2. The van der Waals surface area contributed by atoms with Gasteiger partial charge >= 0.3 is 0 Å². The highest BCUT2D eigenvalue weighted by molar-refractivity contribution is 9.10. The summed E-state index contributed by atoms with van der Waals surface area (Å²) >= 11 is 3.35. The van der Waals surface area contributed by atoms with E-state index in [9.17, 15) is 10.2 Å². The first-order valence-corrected chi connectivity index (χ1v) is 6.30. The number of hydrogen-bond donors (Lipinski definition) is 2. The van der Waals surface area contributed by atoms with Crippen LogP contribution in [0.4, 0.5) is 0 Å². The molecule has 0 saturated carbocycles. The predicted molar refractivity (Wildman–Crippen MR) is 72.7 cm³/mol. The molecule has 1 atom stereocenters. The van der Waals surface area contributed by atoms with E-state index in [1.54, 1.807) is 24.3 Å². The lowest BCUT2D eigenvalue weighted by atomic mass is 10.1. The van der Waals surface area contributed by atoms with Crippen molar-refractivity contribution in [1.82, 2.24) is 0 Å². The fourth-order valence-electron chi connectivity index (χ4n) is 1.56. The lowest BCUT2D eigenvalue weighted by Crippen LogP contribution is -2.09. The molecule has 0 aliphatic heterocycles. The molecule has 94 valence electrons. The van der Waals surface area contributed by atoms with Crippen LogP contribution in [0.5, 0.6) is 11.5 Å². The molecule has 2 aromatic carbocycles. The maximum absolute atomic E-state index is 9.97. The molecule has 0 aromatic heterocycles. The molecule has 0 fully saturated rings. The maximum Gasteiger partial charge on any atom is 0.161 e. The molecule has 2 aromatic rings. The van der Waals surface area contributed by atoms with Gasteiger partial charge in [-0.2, -0.15) is 0 Å². The third kappa shape index (κ3) is 3.24. The first-order chi connectivity index (χ1) is 8.66. The molecule has 18 heavy (non-hydrogen) atoms. The van der Waals surface area contributed by atoms with Crippen molar-refractivity contribution in [3.05, 3.63) is 58.6 Å². The number of aliphatic hydroxyl groups excluding tert-OH is 1. The third-order valence-corrected chi connectivity index (χ3v) is 2.99. The standard InChI is InChI=1S/C14H13BrO3/c15-11-5-3-4-10(8-11)13(17)9-18-14-7-2-1-6-12(14)16/h1-8,13,16-17H,9H2. The smallest absolute Gasteiger partial charge is 0.161 e. The molecule has 0 radical (unpaired) electrons. The van der Waals surface area contributed by atoms with Crippen LogP contribution in [0.25, 0.3) is 0 Å². The van der Waals surface area contributed by atoms with E-state index >= 15 is 0 Å². The van der Waals surface area contributed by atoms with Gasteiger partial charge in [-0.05, 0) is 29.8 Å². The van der Waals surface area contributed by atoms with E-state index in [4.69, 9.17) is 4.74 Å². The van der Waals surface area contributed by atoms with E-state index in [0.29, 0.717) is 5.75 Å². The van der Waals surface area contributed by atoms with Gasteiger partial charge in [0.05, 0.1) is 0 Å². The van der Waals surface area contributed by atoms with Crippen LogP contribution >= 0.6 is 15.9 Å². The number of rotatable bonds is 4. The summed E-state index contributed by atoms with van der Waals surface area (Å²) in [5.41, 5.74) is 0.764. The summed E-state index contributed by atoms with van der Waals surface area (Å²) < 4.78 is 6.28. The molecule has 0 aliphatic carbocycles. The Balaban J connectivity index is 2.00. The number of phenols is 1. The molecule has 0 amide bonds. The largest absolute Gasteiger partial charge is 0.504 e. The summed E-state index contributed by atoms with van der Waals surface area (Å²) in [4.78, 5) is 0. The Kier molecular flexibility index (Phi) is 4.23. The van der Waals surface area contributed by atoms with Crippen molar-refractivity contribution < 1.29 is 14.9 Å². The van der Waals surface area contributed by atoms with Crippen LogP contribution < -0.4 is 4.74 Å². The number of halogens is 1. The molecular formula is C14H13BrO3. The molecule has 2 rings (SSSR count). The molecule has 3 nitrogen and oxygen atoms in total. The van der Waals surface area contributed by atoms with Gasteiger partial charge in [0, 0.05) is 4.47 Å². The van der Waals surface area contributed by atoms with Crippen molar-refractivity contribution in [2.24, 2.45) is 0 Å². The SMILES string of the molecule is Oc1ccccc1OCC(O)c1cccc(Br)c1. The van der Waals surface area contributed by atoms with Crippen LogP contribution in [-0.2, 0) is 0 Å². The van der Waals surface area contributed by atoms with E-state index in [-0.39, 0.29) is 12.4 Å². The number of aliphatic hydroxyl groups is 1. The monoisotopic (exact) mass is 308 g/mol. The zero-order valence-electron chi connectivity index (χ0n) is 9.58. The van der Waals surface area contributed by atoms with Crippen LogP contribution in [0.15, 0.2) is 53.0 Å². The Hall–Kier alpha value is -1.52. The van der Waals surface area contributed by atoms with Crippen LogP contribution in [0, 0.1) is 0 Å². The number of hydrogen-bond acceptors (Lipinski definition) is 3.